The van der Waals surface area contributed by atoms with E-state index < -0.39 is 0 Å². The molecule has 1 aromatic carbocycles. The lowest BCUT2D eigenvalue weighted by molar-refractivity contribution is 0.128. The smallest absolute Gasteiger partial charge is 0.0366 e. The van der Waals surface area contributed by atoms with Crippen molar-refractivity contribution in [1.29, 1.82) is 0 Å². The highest BCUT2D eigenvalue weighted by Crippen LogP contribution is 2.24. The van der Waals surface area contributed by atoms with Crippen LogP contribution in [0.3, 0.4) is 0 Å². The quantitative estimate of drug-likeness (QED) is 0.796. The van der Waals surface area contributed by atoms with Crippen LogP contribution in [0.15, 0.2) is 30.3 Å². The molecule has 3 nitrogen and oxygen atoms in total. The molecular weight excluding hydrogens is 222 g/mol. The molecule has 2 fully saturated rings. The number of para-hydroxylation sites is 1. The average Bonchev–Trinajstić information content (AvgIpc) is 2.36. The Balaban J connectivity index is 1.43. The molecule has 0 atom stereocenters. The molecule has 1 aromatic rings. The van der Waals surface area contributed by atoms with Crippen molar-refractivity contribution in [2.75, 3.05) is 57.8 Å². The van der Waals surface area contributed by atoms with Gasteiger partial charge < -0.3 is 14.7 Å². The van der Waals surface area contributed by atoms with E-state index in [4.69, 9.17) is 0 Å². The molecule has 2 saturated heterocycles. The zero-order valence-electron chi connectivity index (χ0n) is 11.3. The van der Waals surface area contributed by atoms with Crippen LogP contribution in [0.4, 0.5) is 5.69 Å². The van der Waals surface area contributed by atoms with Crippen LogP contribution in [-0.2, 0) is 0 Å². The zero-order chi connectivity index (χ0) is 12.4. The Kier molecular flexibility index (Phi) is 3.52. The summed E-state index contributed by atoms with van der Waals surface area (Å²) in [6.07, 6.45) is 0. The molecule has 2 heterocycles. The van der Waals surface area contributed by atoms with E-state index in [1.54, 1.807) is 0 Å². The van der Waals surface area contributed by atoms with Crippen LogP contribution in [-0.4, -0.2) is 62.7 Å². The van der Waals surface area contributed by atoms with Gasteiger partial charge in [0.15, 0.2) is 0 Å². The summed E-state index contributed by atoms with van der Waals surface area (Å²) >= 11 is 0. The van der Waals surface area contributed by atoms with Gasteiger partial charge in [0.1, 0.15) is 0 Å². The van der Waals surface area contributed by atoms with Crippen molar-refractivity contribution in [2.45, 2.75) is 0 Å². The van der Waals surface area contributed by atoms with E-state index in [0.717, 1.165) is 5.92 Å². The van der Waals surface area contributed by atoms with Crippen LogP contribution in [0.1, 0.15) is 0 Å². The van der Waals surface area contributed by atoms with Crippen molar-refractivity contribution in [3.8, 4) is 0 Å². The number of likely N-dealkylation sites (N-methyl/N-ethyl adjacent to an activating group) is 1. The summed E-state index contributed by atoms with van der Waals surface area (Å²) < 4.78 is 0. The fourth-order valence-corrected chi connectivity index (χ4v) is 2.93. The molecule has 0 saturated carbocycles. The lowest BCUT2D eigenvalue weighted by Crippen LogP contribution is -2.54. The van der Waals surface area contributed by atoms with Gasteiger partial charge in [0.05, 0.1) is 0 Å². The molecule has 0 amide bonds. The highest BCUT2D eigenvalue weighted by molar-refractivity contribution is 5.48. The van der Waals surface area contributed by atoms with E-state index in [1.807, 2.05) is 0 Å². The van der Waals surface area contributed by atoms with Crippen LogP contribution in [0, 0.1) is 5.92 Å². The van der Waals surface area contributed by atoms with Gasteiger partial charge in [-0.25, -0.2) is 0 Å². The minimum Gasteiger partial charge on any atom is -0.371 e. The van der Waals surface area contributed by atoms with Gasteiger partial charge in [-0.1, -0.05) is 18.2 Å². The van der Waals surface area contributed by atoms with Crippen LogP contribution < -0.4 is 4.90 Å². The maximum absolute atomic E-state index is 2.63. The van der Waals surface area contributed by atoms with Crippen LogP contribution >= 0.6 is 0 Å². The highest BCUT2D eigenvalue weighted by atomic mass is 15.3. The third-order valence-electron chi connectivity index (χ3n) is 4.19. The minimum atomic E-state index is 0.869. The number of nitrogens with zero attached hydrogens (tertiary/aromatic N) is 3. The fourth-order valence-electron chi connectivity index (χ4n) is 2.93. The fraction of sp³-hybridized carbons (Fsp3) is 0.600. The Morgan fingerprint density at radius 3 is 2.33 bits per heavy atom. The Labute approximate surface area is 110 Å². The second-order valence-corrected chi connectivity index (χ2v) is 5.71. The molecule has 0 unspecified atom stereocenters. The standard InChI is InChI=1S/C15H23N3/c1-16-7-9-17(10-8-16)11-14-12-18(13-14)15-5-3-2-4-6-15/h2-6,14H,7-13H2,1H3. The summed E-state index contributed by atoms with van der Waals surface area (Å²) in [6, 6.07) is 10.8. The van der Waals surface area contributed by atoms with Gasteiger partial charge in [0, 0.05) is 57.4 Å². The number of rotatable bonds is 3. The van der Waals surface area contributed by atoms with Crippen LogP contribution in [0.25, 0.3) is 0 Å². The topological polar surface area (TPSA) is 9.72 Å². The summed E-state index contributed by atoms with van der Waals surface area (Å²) in [4.78, 5) is 7.54. The molecule has 3 rings (SSSR count). The predicted octanol–water partition coefficient (Wildman–Crippen LogP) is 1.37. The van der Waals surface area contributed by atoms with E-state index in [-0.39, 0.29) is 0 Å². The Bertz CT molecular complexity index is 365. The van der Waals surface area contributed by atoms with Crippen molar-refractivity contribution in [3.05, 3.63) is 30.3 Å². The van der Waals surface area contributed by atoms with Gasteiger partial charge in [-0.05, 0) is 19.2 Å². The first-order valence-corrected chi connectivity index (χ1v) is 7.02. The van der Waals surface area contributed by atoms with Gasteiger partial charge in [-0.15, -0.1) is 0 Å². The average molecular weight is 245 g/mol. The van der Waals surface area contributed by atoms with E-state index in [0.29, 0.717) is 0 Å². The first-order valence-electron chi connectivity index (χ1n) is 7.02. The van der Waals surface area contributed by atoms with Crippen molar-refractivity contribution in [1.82, 2.24) is 9.80 Å². The molecule has 0 bridgehead atoms. The second kappa shape index (κ2) is 5.29. The van der Waals surface area contributed by atoms with E-state index in [9.17, 15) is 0 Å². The monoisotopic (exact) mass is 245 g/mol. The summed E-state index contributed by atoms with van der Waals surface area (Å²) in [7, 11) is 2.22. The SMILES string of the molecule is CN1CCN(CC2CN(c3ccccc3)C2)CC1. The van der Waals surface area contributed by atoms with Crippen molar-refractivity contribution < 1.29 is 0 Å². The van der Waals surface area contributed by atoms with E-state index >= 15 is 0 Å². The molecule has 18 heavy (non-hydrogen) atoms. The van der Waals surface area contributed by atoms with Crippen LogP contribution in [0.2, 0.25) is 0 Å². The number of piperazine rings is 1. The first kappa shape index (κ1) is 12.0. The Morgan fingerprint density at radius 2 is 1.67 bits per heavy atom. The molecule has 2 aliphatic heterocycles. The van der Waals surface area contributed by atoms with Crippen molar-refractivity contribution in [2.24, 2.45) is 5.92 Å². The molecule has 0 aromatic heterocycles. The normalized spacial score (nSPS) is 23.1. The number of anilines is 1. The van der Waals surface area contributed by atoms with E-state index in [2.05, 4.69) is 52.1 Å². The molecule has 0 radical (unpaired) electrons. The lowest BCUT2D eigenvalue weighted by atomic mass is 9.98. The molecule has 3 heteroatoms. The van der Waals surface area contributed by atoms with Gasteiger partial charge in [-0.2, -0.15) is 0 Å². The third kappa shape index (κ3) is 2.68. The molecule has 0 spiro atoms. The number of benzene rings is 1. The number of hydrogen-bond donors (Lipinski definition) is 0. The molecule has 2 aliphatic rings. The Hall–Kier alpha value is -1.06. The van der Waals surface area contributed by atoms with Gasteiger partial charge in [0.2, 0.25) is 0 Å². The van der Waals surface area contributed by atoms with Gasteiger partial charge in [0.25, 0.3) is 0 Å². The molecular formula is C15H23N3. The lowest BCUT2D eigenvalue weighted by Gasteiger charge is -2.44. The second-order valence-electron chi connectivity index (χ2n) is 5.71. The Morgan fingerprint density at radius 1 is 1.00 bits per heavy atom. The first-order chi connectivity index (χ1) is 8.81. The highest BCUT2D eigenvalue weighted by Gasteiger charge is 2.29. The summed E-state index contributed by atoms with van der Waals surface area (Å²) in [6.45, 7) is 8.71. The summed E-state index contributed by atoms with van der Waals surface area (Å²) in [5.41, 5.74) is 1.38. The van der Waals surface area contributed by atoms with Crippen molar-refractivity contribution >= 4 is 5.69 Å². The maximum atomic E-state index is 2.63. The molecule has 0 aliphatic carbocycles. The minimum absolute atomic E-state index is 0.869. The maximum Gasteiger partial charge on any atom is 0.0366 e. The van der Waals surface area contributed by atoms with E-state index in [1.165, 1.54) is 51.5 Å². The van der Waals surface area contributed by atoms with Gasteiger partial charge in [-0.3, -0.25) is 0 Å². The largest absolute Gasteiger partial charge is 0.371 e. The number of hydrogen-bond acceptors (Lipinski definition) is 3. The zero-order valence-corrected chi connectivity index (χ0v) is 11.3. The van der Waals surface area contributed by atoms with Gasteiger partial charge >= 0.3 is 0 Å². The molecule has 98 valence electrons. The van der Waals surface area contributed by atoms with Crippen LogP contribution in [0.5, 0.6) is 0 Å². The molecule has 0 N–H and O–H groups in total. The predicted molar refractivity (Wildman–Crippen MR) is 76.1 cm³/mol. The third-order valence-corrected chi connectivity index (χ3v) is 4.19. The van der Waals surface area contributed by atoms with Crippen molar-refractivity contribution in [3.63, 3.8) is 0 Å². The summed E-state index contributed by atoms with van der Waals surface area (Å²) in [5.74, 6) is 0.869. The summed E-state index contributed by atoms with van der Waals surface area (Å²) in [5, 5.41) is 0.